The van der Waals surface area contributed by atoms with Crippen LogP contribution in [0.3, 0.4) is 0 Å². The first-order valence-electron chi connectivity index (χ1n) is 7.80. The lowest BCUT2D eigenvalue weighted by atomic mass is 9.80. The first-order chi connectivity index (χ1) is 10.1. The Bertz CT molecular complexity index is 508. The van der Waals surface area contributed by atoms with Gasteiger partial charge in [0.15, 0.2) is 0 Å². The number of hydrogen-bond donors (Lipinski definition) is 1. The summed E-state index contributed by atoms with van der Waals surface area (Å²) in [6.07, 6.45) is 2.15. The van der Waals surface area contributed by atoms with Gasteiger partial charge in [-0.1, -0.05) is 29.8 Å². The fourth-order valence-electron chi connectivity index (χ4n) is 3.41. The third kappa shape index (κ3) is 2.77. The molecule has 1 amide bonds. The van der Waals surface area contributed by atoms with Crippen molar-refractivity contribution in [1.29, 1.82) is 0 Å². The highest BCUT2D eigenvalue weighted by molar-refractivity contribution is 5.71. The van der Waals surface area contributed by atoms with Gasteiger partial charge in [-0.15, -0.1) is 0 Å². The van der Waals surface area contributed by atoms with Crippen LogP contribution in [-0.2, 0) is 11.3 Å². The van der Waals surface area contributed by atoms with Crippen LogP contribution in [0.4, 0.5) is 4.79 Å². The molecule has 114 valence electrons. The van der Waals surface area contributed by atoms with E-state index in [9.17, 15) is 4.79 Å². The molecule has 4 heteroatoms. The number of aryl methyl sites for hydroxylation is 1. The summed E-state index contributed by atoms with van der Waals surface area (Å²) in [5, 5.41) is 3.45. The fraction of sp³-hybridized carbons (Fsp3) is 0.588. The molecule has 0 spiro atoms. The number of cyclic esters (lactones) is 1. The van der Waals surface area contributed by atoms with Gasteiger partial charge in [-0.3, -0.25) is 4.90 Å². The zero-order valence-corrected chi connectivity index (χ0v) is 12.9. The number of nitrogens with zero attached hydrogens (tertiary/aromatic N) is 1. The van der Waals surface area contributed by atoms with E-state index < -0.39 is 0 Å². The van der Waals surface area contributed by atoms with Gasteiger partial charge in [0.2, 0.25) is 0 Å². The summed E-state index contributed by atoms with van der Waals surface area (Å²) >= 11 is 0. The van der Waals surface area contributed by atoms with Crippen LogP contribution in [0.5, 0.6) is 0 Å². The van der Waals surface area contributed by atoms with Gasteiger partial charge in [0, 0.05) is 13.1 Å². The molecule has 1 aromatic rings. The molecule has 1 N–H and O–H groups in total. The Kier molecular flexibility index (Phi) is 3.89. The van der Waals surface area contributed by atoms with Crippen molar-refractivity contribution in [1.82, 2.24) is 10.2 Å². The Hall–Kier alpha value is -1.55. The third-order valence-electron chi connectivity index (χ3n) is 4.96. The van der Waals surface area contributed by atoms with E-state index in [1.54, 1.807) is 0 Å². The summed E-state index contributed by atoms with van der Waals surface area (Å²) in [5.74, 6) is 0.461. The Morgan fingerprint density at radius 2 is 2.14 bits per heavy atom. The summed E-state index contributed by atoms with van der Waals surface area (Å²) in [6.45, 7) is 7.43. The van der Waals surface area contributed by atoms with Crippen LogP contribution in [-0.4, -0.2) is 36.2 Å². The molecule has 2 saturated heterocycles. The van der Waals surface area contributed by atoms with E-state index >= 15 is 0 Å². The second-order valence-corrected chi connectivity index (χ2v) is 6.53. The molecular weight excluding hydrogens is 264 g/mol. The molecule has 0 radical (unpaired) electrons. The smallest absolute Gasteiger partial charge is 0.410 e. The summed E-state index contributed by atoms with van der Waals surface area (Å²) in [4.78, 5) is 14.1. The predicted octanol–water partition coefficient (Wildman–Crippen LogP) is 2.71. The van der Waals surface area contributed by atoms with Crippen molar-refractivity contribution >= 4 is 6.09 Å². The van der Waals surface area contributed by atoms with Gasteiger partial charge in [-0.2, -0.15) is 0 Å². The molecule has 2 unspecified atom stereocenters. The van der Waals surface area contributed by atoms with Crippen LogP contribution < -0.4 is 5.32 Å². The van der Waals surface area contributed by atoms with E-state index in [1.807, 2.05) is 4.90 Å². The highest BCUT2D eigenvalue weighted by Gasteiger charge is 2.48. The van der Waals surface area contributed by atoms with Crippen LogP contribution >= 0.6 is 0 Å². The summed E-state index contributed by atoms with van der Waals surface area (Å²) in [6, 6.07) is 8.38. The van der Waals surface area contributed by atoms with Gasteiger partial charge in [-0.05, 0) is 44.7 Å². The lowest BCUT2D eigenvalue weighted by molar-refractivity contribution is 0.0922. The number of ether oxygens (including phenoxy) is 1. The van der Waals surface area contributed by atoms with E-state index in [0.29, 0.717) is 19.1 Å². The number of rotatable bonds is 3. The van der Waals surface area contributed by atoms with Crippen LogP contribution in [0.1, 0.15) is 30.9 Å². The molecule has 0 bridgehead atoms. The van der Waals surface area contributed by atoms with Crippen molar-refractivity contribution in [3.05, 3.63) is 35.4 Å². The molecule has 0 saturated carbocycles. The molecule has 0 aliphatic carbocycles. The number of amides is 1. The van der Waals surface area contributed by atoms with E-state index in [4.69, 9.17) is 4.74 Å². The fourth-order valence-corrected chi connectivity index (χ4v) is 3.41. The zero-order chi connectivity index (χ0) is 14.9. The van der Waals surface area contributed by atoms with Crippen molar-refractivity contribution in [3.63, 3.8) is 0 Å². The number of carbonyl (C=O) groups is 1. The first-order valence-corrected chi connectivity index (χ1v) is 7.80. The number of nitrogens with one attached hydrogen (secondary N) is 1. The first kappa shape index (κ1) is 14.4. The van der Waals surface area contributed by atoms with Gasteiger partial charge in [0.05, 0.1) is 5.54 Å². The van der Waals surface area contributed by atoms with Crippen LogP contribution in [0.2, 0.25) is 0 Å². The zero-order valence-electron chi connectivity index (χ0n) is 12.9. The lowest BCUT2D eigenvalue weighted by Gasteiger charge is -2.41. The maximum atomic E-state index is 12.2. The van der Waals surface area contributed by atoms with Crippen LogP contribution in [0, 0.1) is 12.8 Å². The molecule has 2 aliphatic heterocycles. The monoisotopic (exact) mass is 288 g/mol. The van der Waals surface area contributed by atoms with E-state index in [-0.39, 0.29) is 11.6 Å². The molecule has 2 aliphatic rings. The number of benzene rings is 1. The SMILES string of the molecule is Cc1ccc(CN2C(=O)OCC2(C)C2CCCNC2)cc1. The Morgan fingerprint density at radius 1 is 1.38 bits per heavy atom. The summed E-state index contributed by atoms with van der Waals surface area (Å²) in [5.41, 5.74) is 2.20. The molecule has 2 heterocycles. The standard InChI is InChI=1S/C17H24N2O2/c1-13-5-7-14(8-6-13)11-19-16(20)21-12-17(19,2)15-4-3-9-18-10-15/h5-8,15,18H,3-4,9-12H2,1-2H3. The van der Waals surface area contributed by atoms with Gasteiger partial charge < -0.3 is 10.1 Å². The Morgan fingerprint density at radius 3 is 2.81 bits per heavy atom. The lowest BCUT2D eigenvalue weighted by Crippen LogP contribution is -2.54. The summed E-state index contributed by atoms with van der Waals surface area (Å²) < 4.78 is 5.39. The second-order valence-electron chi connectivity index (χ2n) is 6.53. The average Bonchev–Trinajstić information content (AvgIpc) is 2.80. The number of piperidine rings is 1. The molecular formula is C17H24N2O2. The molecule has 3 rings (SSSR count). The minimum absolute atomic E-state index is 0.177. The predicted molar refractivity (Wildman–Crippen MR) is 82.1 cm³/mol. The van der Waals surface area contributed by atoms with Crippen LogP contribution in [0.15, 0.2) is 24.3 Å². The van der Waals surface area contributed by atoms with Crippen molar-refractivity contribution in [2.24, 2.45) is 5.92 Å². The van der Waals surface area contributed by atoms with E-state index in [0.717, 1.165) is 25.1 Å². The highest BCUT2D eigenvalue weighted by Crippen LogP contribution is 2.36. The Balaban J connectivity index is 1.79. The molecule has 21 heavy (non-hydrogen) atoms. The average molecular weight is 288 g/mol. The van der Waals surface area contributed by atoms with Crippen molar-refractivity contribution in [3.8, 4) is 0 Å². The topological polar surface area (TPSA) is 41.6 Å². The minimum atomic E-state index is -0.199. The highest BCUT2D eigenvalue weighted by atomic mass is 16.6. The maximum absolute atomic E-state index is 12.2. The van der Waals surface area contributed by atoms with E-state index in [1.165, 1.54) is 12.0 Å². The maximum Gasteiger partial charge on any atom is 0.410 e. The number of hydrogen-bond acceptors (Lipinski definition) is 3. The van der Waals surface area contributed by atoms with Gasteiger partial charge in [0.25, 0.3) is 0 Å². The normalized spacial score (nSPS) is 29.5. The molecule has 2 fully saturated rings. The van der Waals surface area contributed by atoms with E-state index in [2.05, 4.69) is 43.4 Å². The third-order valence-corrected chi connectivity index (χ3v) is 4.96. The largest absolute Gasteiger partial charge is 0.447 e. The van der Waals surface area contributed by atoms with Crippen molar-refractivity contribution in [2.45, 2.75) is 38.8 Å². The minimum Gasteiger partial charge on any atom is -0.447 e. The number of carbonyl (C=O) groups excluding carboxylic acids is 1. The molecule has 2 atom stereocenters. The van der Waals surface area contributed by atoms with Gasteiger partial charge in [-0.25, -0.2) is 4.79 Å². The van der Waals surface area contributed by atoms with Crippen molar-refractivity contribution in [2.75, 3.05) is 19.7 Å². The summed E-state index contributed by atoms with van der Waals surface area (Å²) in [7, 11) is 0. The molecule has 4 nitrogen and oxygen atoms in total. The van der Waals surface area contributed by atoms with Crippen molar-refractivity contribution < 1.29 is 9.53 Å². The van der Waals surface area contributed by atoms with Gasteiger partial charge >= 0.3 is 6.09 Å². The van der Waals surface area contributed by atoms with Crippen LogP contribution in [0.25, 0.3) is 0 Å². The quantitative estimate of drug-likeness (QED) is 0.930. The second kappa shape index (κ2) is 5.68. The molecule has 1 aromatic carbocycles. The van der Waals surface area contributed by atoms with Gasteiger partial charge in [0.1, 0.15) is 6.61 Å². The molecule has 0 aromatic heterocycles. The Labute approximate surface area is 126 Å².